The van der Waals surface area contributed by atoms with Crippen molar-refractivity contribution in [1.82, 2.24) is 0 Å². The molecule has 1 aromatic carbocycles. The lowest BCUT2D eigenvalue weighted by molar-refractivity contribution is 0.278. The molecule has 1 aromatic rings. The van der Waals surface area contributed by atoms with Gasteiger partial charge >= 0.3 is 0 Å². The first kappa shape index (κ1) is 18.3. The SMILES string of the molecule is CCC1=C(CC)C[C@H](C)[C@H](CC(c2ccccc2)C(C#N)C#N)C1. The number of hydrogen-bond acceptors (Lipinski definition) is 2. The zero-order valence-electron chi connectivity index (χ0n) is 15.1. The van der Waals surface area contributed by atoms with Gasteiger partial charge in [-0.3, -0.25) is 0 Å². The Labute approximate surface area is 146 Å². The second-order valence-corrected chi connectivity index (χ2v) is 7.05. The summed E-state index contributed by atoms with van der Waals surface area (Å²) < 4.78 is 0. The second-order valence-electron chi connectivity index (χ2n) is 7.05. The molecule has 2 rings (SSSR count). The van der Waals surface area contributed by atoms with E-state index in [2.05, 4.69) is 45.0 Å². The van der Waals surface area contributed by atoms with E-state index < -0.39 is 5.92 Å². The van der Waals surface area contributed by atoms with Crippen molar-refractivity contribution in [2.24, 2.45) is 17.8 Å². The van der Waals surface area contributed by atoms with E-state index in [0.29, 0.717) is 11.8 Å². The molecule has 1 unspecified atom stereocenters. The molecule has 126 valence electrons. The number of allylic oxidation sites excluding steroid dienone is 2. The van der Waals surface area contributed by atoms with Crippen molar-refractivity contribution in [2.45, 2.75) is 58.8 Å². The summed E-state index contributed by atoms with van der Waals surface area (Å²) in [6, 6.07) is 14.6. The third-order valence-electron chi connectivity index (χ3n) is 5.70. The Bertz CT molecular complexity index is 631. The molecular weight excluding hydrogens is 292 g/mol. The van der Waals surface area contributed by atoms with E-state index in [1.807, 2.05) is 18.2 Å². The van der Waals surface area contributed by atoms with Crippen LogP contribution in [-0.4, -0.2) is 0 Å². The van der Waals surface area contributed by atoms with Crippen molar-refractivity contribution in [3.8, 4) is 12.1 Å². The third kappa shape index (κ3) is 4.07. The highest BCUT2D eigenvalue weighted by Crippen LogP contribution is 2.43. The first-order valence-corrected chi connectivity index (χ1v) is 9.18. The van der Waals surface area contributed by atoms with Crippen LogP contribution in [0, 0.1) is 40.4 Å². The molecule has 2 nitrogen and oxygen atoms in total. The normalized spacial score (nSPS) is 22.1. The highest BCUT2D eigenvalue weighted by atomic mass is 14.4. The molecule has 0 fully saturated rings. The van der Waals surface area contributed by atoms with Crippen LogP contribution in [0.1, 0.15) is 64.4 Å². The quantitative estimate of drug-likeness (QED) is 0.605. The second kappa shape index (κ2) is 8.70. The monoisotopic (exact) mass is 320 g/mol. The molecule has 1 aliphatic carbocycles. The summed E-state index contributed by atoms with van der Waals surface area (Å²) in [5, 5.41) is 18.9. The molecular formula is C22H28N2. The van der Waals surface area contributed by atoms with Crippen molar-refractivity contribution < 1.29 is 0 Å². The maximum Gasteiger partial charge on any atom is 0.140 e. The predicted molar refractivity (Wildman–Crippen MR) is 98.0 cm³/mol. The van der Waals surface area contributed by atoms with E-state index in [9.17, 15) is 10.5 Å². The fraction of sp³-hybridized carbons (Fsp3) is 0.545. The van der Waals surface area contributed by atoms with E-state index in [0.717, 1.165) is 31.2 Å². The van der Waals surface area contributed by atoms with Crippen molar-refractivity contribution in [2.75, 3.05) is 0 Å². The summed E-state index contributed by atoms with van der Waals surface area (Å²) in [7, 11) is 0. The summed E-state index contributed by atoms with van der Waals surface area (Å²) in [5.74, 6) is 0.625. The molecule has 0 N–H and O–H groups in total. The van der Waals surface area contributed by atoms with Crippen molar-refractivity contribution in [1.29, 1.82) is 10.5 Å². The number of nitrogens with zero attached hydrogens (tertiary/aromatic N) is 2. The molecule has 0 bridgehead atoms. The van der Waals surface area contributed by atoms with Gasteiger partial charge < -0.3 is 0 Å². The van der Waals surface area contributed by atoms with E-state index in [4.69, 9.17) is 0 Å². The predicted octanol–water partition coefficient (Wildman–Crippen LogP) is 5.99. The van der Waals surface area contributed by atoms with Crippen LogP contribution in [0.3, 0.4) is 0 Å². The van der Waals surface area contributed by atoms with Gasteiger partial charge in [-0.1, -0.05) is 62.2 Å². The molecule has 1 aliphatic rings. The van der Waals surface area contributed by atoms with Crippen molar-refractivity contribution in [3.05, 3.63) is 47.0 Å². The van der Waals surface area contributed by atoms with Crippen LogP contribution in [0.25, 0.3) is 0 Å². The molecule has 24 heavy (non-hydrogen) atoms. The van der Waals surface area contributed by atoms with Gasteiger partial charge in [0.25, 0.3) is 0 Å². The lowest BCUT2D eigenvalue weighted by atomic mass is 9.69. The van der Waals surface area contributed by atoms with Crippen LogP contribution in [0.4, 0.5) is 0 Å². The highest BCUT2D eigenvalue weighted by molar-refractivity contribution is 5.26. The van der Waals surface area contributed by atoms with Crippen LogP contribution in [0.5, 0.6) is 0 Å². The topological polar surface area (TPSA) is 47.6 Å². The van der Waals surface area contributed by atoms with E-state index in [1.54, 1.807) is 11.1 Å². The molecule has 0 saturated carbocycles. The fourth-order valence-electron chi connectivity index (χ4n) is 4.17. The van der Waals surface area contributed by atoms with Gasteiger partial charge in [-0.15, -0.1) is 0 Å². The molecule has 0 radical (unpaired) electrons. The van der Waals surface area contributed by atoms with Crippen LogP contribution in [-0.2, 0) is 0 Å². The van der Waals surface area contributed by atoms with Gasteiger partial charge in [0.15, 0.2) is 0 Å². The largest absolute Gasteiger partial charge is 0.197 e. The molecule has 0 aliphatic heterocycles. The minimum Gasteiger partial charge on any atom is -0.197 e. The first-order chi connectivity index (χ1) is 11.6. The number of nitriles is 2. The Balaban J connectivity index is 2.26. The average Bonchev–Trinajstić information content (AvgIpc) is 2.63. The zero-order valence-corrected chi connectivity index (χ0v) is 15.1. The first-order valence-electron chi connectivity index (χ1n) is 9.18. The van der Waals surface area contributed by atoms with Gasteiger partial charge in [-0.05, 0) is 49.5 Å². The average molecular weight is 320 g/mol. The number of benzene rings is 1. The lowest BCUT2D eigenvalue weighted by Gasteiger charge is -2.35. The van der Waals surface area contributed by atoms with Gasteiger partial charge in [0.05, 0.1) is 12.1 Å². The smallest absolute Gasteiger partial charge is 0.140 e. The minimum atomic E-state index is -0.568. The third-order valence-corrected chi connectivity index (χ3v) is 5.70. The standard InChI is InChI=1S/C22H28N2/c1-4-17-11-16(3)20(12-18(17)5-2)13-22(21(14-23)15-24)19-9-7-6-8-10-19/h6-10,16,20-22H,4-5,11-13H2,1-3H3/t16-,20-,22?/m0/s1. The zero-order chi connectivity index (χ0) is 17.5. The Morgan fingerprint density at radius 2 is 1.58 bits per heavy atom. The van der Waals surface area contributed by atoms with E-state index >= 15 is 0 Å². The van der Waals surface area contributed by atoms with Gasteiger partial charge in [-0.25, -0.2) is 0 Å². The van der Waals surface area contributed by atoms with Crippen LogP contribution < -0.4 is 0 Å². The Morgan fingerprint density at radius 1 is 1.00 bits per heavy atom. The van der Waals surface area contributed by atoms with E-state index in [1.165, 1.54) is 6.42 Å². The molecule has 0 amide bonds. The fourth-order valence-corrected chi connectivity index (χ4v) is 4.17. The molecule has 0 aromatic heterocycles. The lowest BCUT2D eigenvalue weighted by Crippen LogP contribution is -2.24. The van der Waals surface area contributed by atoms with Crippen molar-refractivity contribution >= 4 is 0 Å². The Hall–Kier alpha value is -2.06. The van der Waals surface area contributed by atoms with Gasteiger partial charge in [0.1, 0.15) is 5.92 Å². The summed E-state index contributed by atoms with van der Waals surface area (Å²) in [6.45, 7) is 6.84. The Kier molecular flexibility index (Phi) is 6.62. The van der Waals surface area contributed by atoms with Crippen LogP contribution >= 0.6 is 0 Å². The number of rotatable bonds is 6. The molecule has 3 atom stereocenters. The summed E-state index contributed by atoms with van der Waals surface area (Å²) in [4.78, 5) is 0. The maximum absolute atomic E-state index is 9.45. The highest BCUT2D eigenvalue weighted by Gasteiger charge is 2.32. The molecule has 0 saturated heterocycles. The molecule has 0 spiro atoms. The van der Waals surface area contributed by atoms with Crippen LogP contribution in [0.15, 0.2) is 41.5 Å². The van der Waals surface area contributed by atoms with Gasteiger partial charge in [0.2, 0.25) is 0 Å². The summed E-state index contributed by atoms with van der Waals surface area (Å²) >= 11 is 0. The van der Waals surface area contributed by atoms with E-state index in [-0.39, 0.29) is 5.92 Å². The molecule has 0 heterocycles. The van der Waals surface area contributed by atoms with Gasteiger partial charge in [0, 0.05) is 5.92 Å². The molecule has 2 heteroatoms. The summed E-state index contributed by atoms with van der Waals surface area (Å²) in [5.41, 5.74) is 4.37. The number of hydrogen-bond donors (Lipinski definition) is 0. The minimum absolute atomic E-state index is 0.00920. The Morgan fingerprint density at radius 3 is 2.12 bits per heavy atom. The maximum atomic E-state index is 9.45. The van der Waals surface area contributed by atoms with Gasteiger partial charge in [-0.2, -0.15) is 10.5 Å². The van der Waals surface area contributed by atoms with Crippen molar-refractivity contribution in [3.63, 3.8) is 0 Å². The summed E-state index contributed by atoms with van der Waals surface area (Å²) in [6.07, 6.45) is 5.52. The van der Waals surface area contributed by atoms with Crippen LogP contribution in [0.2, 0.25) is 0 Å².